The van der Waals surface area contributed by atoms with Crippen LogP contribution in [0.5, 0.6) is 0 Å². The number of aromatic nitrogens is 3. The minimum atomic E-state index is -0.176. The van der Waals surface area contributed by atoms with E-state index in [0.717, 1.165) is 18.5 Å². The van der Waals surface area contributed by atoms with Crippen LogP contribution < -0.4 is 5.32 Å². The smallest absolute Gasteiger partial charge is 0.273 e. The summed E-state index contributed by atoms with van der Waals surface area (Å²) in [5.41, 5.74) is 3.95. The summed E-state index contributed by atoms with van der Waals surface area (Å²) in [6.07, 6.45) is 4.92. The molecule has 25 heavy (non-hydrogen) atoms. The summed E-state index contributed by atoms with van der Waals surface area (Å²) in [7, 11) is 0. The maximum atomic E-state index is 12.4. The molecular formula is C20H20N4O. The lowest BCUT2D eigenvalue weighted by molar-refractivity contribution is 0.0945. The van der Waals surface area contributed by atoms with Crippen LogP contribution in [0.4, 0.5) is 0 Å². The lowest BCUT2D eigenvalue weighted by Gasteiger charge is -2.25. The first-order valence-corrected chi connectivity index (χ1v) is 8.65. The van der Waals surface area contributed by atoms with Gasteiger partial charge in [0.1, 0.15) is 0 Å². The zero-order valence-electron chi connectivity index (χ0n) is 13.9. The van der Waals surface area contributed by atoms with Crippen molar-refractivity contribution in [2.24, 2.45) is 0 Å². The van der Waals surface area contributed by atoms with Gasteiger partial charge in [-0.15, -0.1) is 5.10 Å². The van der Waals surface area contributed by atoms with Gasteiger partial charge in [-0.05, 0) is 42.5 Å². The predicted octanol–water partition coefficient (Wildman–Crippen LogP) is 3.12. The van der Waals surface area contributed by atoms with Crippen molar-refractivity contribution in [2.75, 3.05) is 6.54 Å². The first-order chi connectivity index (χ1) is 12.3. The monoisotopic (exact) mass is 332 g/mol. The molecule has 0 saturated carbocycles. The zero-order valence-corrected chi connectivity index (χ0v) is 13.9. The summed E-state index contributed by atoms with van der Waals surface area (Å²) in [4.78, 5) is 13.9. The van der Waals surface area contributed by atoms with Gasteiger partial charge in [-0.3, -0.25) is 4.79 Å². The predicted molar refractivity (Wildman–Crippen MR) is 95.8 cm³/mol. The van der Waals surface area contributed by atoms with Gasteiger partial charge in [0.2, 0.25) is 0 Å². The van der Waals surface area contributed by atoms with Crippen LogP contribution in [0.1, 0.15) is 40.4 Å². The number of nitrogens with one attached hydrogen (secondary N) is 1. The number of carbonyl (C=O) groups is 1. The van der Waals surface area contributed by atoms with E-state index in [1.807, 2.05) is 30.3 Å². The van der Waals surface area contributed by atoms with Gasteiger partial charge >= 0.3 is 0 Å². The maximum absolute atomic E-state index is 12.4. The van der Waals surface area contributed by atoms with E-state index < -0.39 is 0 Å². The number of benzene rings is 2. The van der Waals surface area contributed by atoms with Crippen molar-refractivity contribution in [3.8, 4) is 5.69 Å². The number of aryl methyl sites for hydroxylation is 1. The van der Waals surface area contributed by atoms with Crippen molar-refractivity contribution >= 4 is 5.91 Å². The third kappa shape index (κ3) is 3.31. The van der Waals surface area contributed by atoms with Crippen LogP contribution in [0.3, 0.4) is 0 Å². The number of hydrogen-bond donors (Lipinski definition) is 1. The van der Waals surface area contributed by atoms with Crippen LogP contribution in [-0.2, 0) is 6.42 Å². The zero-order chi connectivity index (χ0) is 17.1. The van der Waals surface area contributed by atoms with E-state index in [0.29, 0.717) is 18.2 Å². The lowest BCUT2D eigenvalue weighted by Crippen LogP contribution is -2.30. The fourth-order valence-corrected chi connectivity index (χ4v) is 3.43. The first-order valence-electron chi connectivity index (χ1n) is 8.65. The van der Waals surface area contributed by atoms with Crippen LogP contribution in [0, 0.1) is 0 Å². The lowest BCUT2D eigenvalue weighted by atomic mass is 9.83. The van der Waals surface area contributed by atoms with Crippen molar-refractivity contribution in [1.29, 1.82) is 0 Å². The largest absolute Gasteiger partial charge is 0.350 e. The van der Waals surface area contributed by atoms with Crippen molar-refractivity contribution < 1.29 is 4.79 Å². The first kappa shape index (κ1) is 15.6. The Balaban J connectivity index is 1.43. The highest BCUT2D eigenvalue weighted by atomic mass is 16.2. The standard InChI is InChI=1S/C20H20N4O/c25-20(19-14-22-24(23-19)17-10-2-1-3-11-17)21-13-16-9-6-8-15-7-4-5-12-18(15)16/h1-5,7,10-12,14,16H,6,8-9,13H2,(H,21,25). The van der Waals surface area contributed by atoms with Crippen LogP contribution in [0.25, 0.3) is 5.69 Å². The van der Waals surface area contributed by atoms with Gasteiger partial charge in [0.05, 0.1) is 11.9 Å². The Hall–Kier alpha value is -2.95. The van der Waals surface area contributed by atoms with Gasteiger partial charge in [-0.25, -0.2) is 0 Å². The number of para-hydroxylation sites is 1. The number of rotatable bonds is 4. The highest BCUT2D eigenvalue weighted by Crippen LogP contribution is 2.30. The molecule has 126 valence electrons. The molecule has 0 saturated heterocycles. The molecule has 4 rings (SSSR count). The molecule has 1 aliphatic carbocycles. The van der Waals surface area contributed by atoms with E-state index in [4.69, 9.17) is 0 Å². The SMILES string of the molecule is O=C(NCC1CCCc2ccccc21)c1cnn(-c2ccccc2)n1. The van der Waals surface area contributed by atoms with Crippen LogP contribution >= 0.6 is 0 Å². The number of hydrogen-bond acceptors (Lipinski definition) is 3. The Morgan fingerprint density at radius 3 is 2.80 bits per heavy atom. The molecule has 3 aromatic rings. The Morgan fingerprint density at radius 2 is 1.92 bits per heavy atom. The normalized spacial score (nSPS) is 16.2. The second-order valence-electron chi connectivity index (χ2n) is 6.35. The second kappa shape index (κ2) is 6.89. The number of carbonyl (C=O) groups excluding carboxylic acids is 1. The summed E-state index contributed by atoms with van der Waals surface area (Å²) >= 11 is 0. The van der Waals surface area contributed by atoms with Gasteiger partial charge < -0.3 is 5.32 Å². The van der Waals surface area contributed by atoms with Gasteiger partial charge in [-0.1, -0.05) is 42.5 Å². The summed E-state index contributed by atoms with van der Waals surface area (Å²) in [5, 5.41) is 11.5. The Morgan fingerprint density at radius 1 is 1.12 bits per heavy atom. The molecular weight excluding hydrogens is 312 g/mol. The van der Waals surface area contributed by atoms with Crippen molar-refractivity contribution in [3.63, 3.8) is 0 Å². The molecule has 1 heterocycles. The molecule has 5 nitrogen and oxygen atoms in total. The average Bonchev–Trinajstić information content (AvgIpc) is 3.17. The minimum absolute atomic E-state index is 0.176. The third-order valence-electron chi connectivity index (χ3n) is 4.71. The summed E-state index contributed by atoms with van der Waals surface area (Å²) < 4.78 is 0. The van der Waals surface area contributed by atoms with Gasteiger partial charge in [0.25, 0.3) is 5.91 Å². The molecule has 2 aromatic carbocycles. The van der Waals surface area contributed by atoms with Crippen LogP contribution in [0.2, 0.25) is 0 Å². The molecule has 0 aliphatic heterocycles. The quantitative estimate of drug-likeness (QED) is 0.798. The number of fused-ring (bicyclic) bond motifs is 1. The van der Waals surface area contributed by atoms with Crippen molar-refractivity contribution in [2.45, 2.75) is 25.2 Å². The van der Waals surface area contributed by atoms with E-state index in [1.54, 1.807) is 0 Å². The molecule has 0 spiro atoms. The average molecular weight is 332 g/mol. The molecule has 1 atom stereocenters. The Bertz CT molecular complexity index is 872. The Kier molecular flexibility index (Phi) is 4.29. The van der Waals surface area contributed by atoms with Gasteiger partial charge in [-0.2, -0.15) is 9.90 Å². The summed E-state index contributed by atoms with van der Waals surface area (Å²) in [6, 6.07) is 18.1. The molecule has 1 aliphatic rings. The number of nitrogens with zero attached hydrogens (tertiary/aromatic N) is 3. The van der Waals surface area contributed by atoms with E-state index in [2.05, 4.69) is 39.8 Å². The Labute approximate surface area is 146 Å². The number of amides is 1. The highest BCUT2D eigenvalue weighted by molar-refractivity contribution is 5.91. The molecule has 0 radical (unpaired) electrons. The molecule has 1 N–H and O–H groups in total. The van der Waals surface area contributed by atoms with Crippen molar-refractivity contribution in [3.05, 3.63) is 77.6 Å². The molecule has 0 fully saturated rings. The van der Waals surface area contributed by atoms with Gasteiger partial charge in [0.15, 0.2) is 5.69 Å². The van der Waals surface area contributed by atoms with E-state index in [-0.39, 0.29) is 5.91 Å². The molecule has 1 amide bonds. The van der Waals surface area contributed by atoms with Gasteiger partial charge in [0, 0.05) is 12.5 Å². The molecule has 5 heteroatoms. The topological polar surface area (TPSA) is 59.8 Å². The van der Waals surface area contributed by atoms with Crippen LogP contribution in [0.15, 0.2) is 60.8 Å². The van der Waals surface area contributed by atoms with Crippen molar-refractivity contribution in [1.82, 2.24) is 20.3 Å². The van der Waals surface area contributed by atoms with E-state index in [9.17, 15) is 4.79 Å². The molecule has 1 unspecified atom stereocenters. The van der Waals surface area contributed by atoms with E-state index >= 15 is 0 Å². The fourth-order valence-electron chi connectivity index (χ4n) is 3.43. The molecule has 1 aromatic heterocycles. The highest BCUT2D eigenvalue weighted by Gasteiger charge is 2.21. The summed E-state index contributed by atoms with van der Waals surface area (Å²) in [5.74, 6) is 0.198. The molecule has 0 bridgehead atoms. The summed E-state index contributed by atoms with van der Waals surface area (Å²) in [6.45, 7) is 0.633. The van der Waals surface area contributed by atoms with E-state index in [1.165, 1.54) is 28.5 Å². The minimum Gasteiger partial charge on any atom is -0.350 e. The third-order valence-corrected chi connectivity index (χ3v) is 4.71. The second-order valence-corrected chi connectivity index (χ2v) is 6.35. The maximum Gasteiger partial charge on any atom is 0.273 e. The fraction of sp³-hybridized carbons (Fsp3) is 0.250. The van der Waals surface area contributed by atoms with Crippen LogP contribution in [-0.4, -0.2) is 27.4 Å².